The number of hydrogen-bond acceptors (Lipinski definition) is 5. The van der Waals surface area contributed by atoms with Crippen LogP contribution in [0.4, 0.5) is 5.69 Å². The SMILES string of the molecule is CC(C)(C)NS(=O)(=O)c1ccccc1NC(=O)c1cc(-c2ccccc2)on1. The van der Waals surface area contributed by atoms with E-state index in [1.165, 1.54) is 18.2 Å². The Bertz CT molecular complexity index is 1080. The number of amides is 1. The zero-order valence-corrected chi connectivity index (χ0v) is 16.6. The monoisotopic (exact) mass is 399 g/mol. The van der Waals surface area contributed by atoms with Crippen LogP contribution >= 0.6 is 0 Å². The van der Waals surface area contributed by atoms with Crippen LogP contribution in [0.15, 0.2) is 70.1 Å². The number of carbonyl (C=O) groups excluding carboxylic acids is 1. The number of aromatic nitrogens is 1. The van der Waals surface area contributed by atoms with Crippen molar-refractivity contribution in [2.24, 2.45) is 0 Å². The van der Waals surface area contributed by atoms with Crippen LogP contribution in [0.5, 0.6) is 0 Å². The van der Waals surface area contributed by atoms with Crippen LogP contribution in [-0.2, 0) is 10.0 Å². The van der Waals surface area contributed by atoms with Crippen LogP contribution in [0.25, 0.3) is 11.3 Å². The first-order valence-electron chi connectivity index (χ1n) is 8.62. The lowest BCUT2D eigenvalue weighted by atomic mass is 10.1. The van der Waals surface area contributed by atoms with E-state index in [2.05, 4.69) is 15.2 Å². The molecule has 0 spiro atoms. The number of rotatable bonds is 5. The molecule has 0 aliphatic rings. The van der Waals surface area contributed by atoms with Gasteiger partial charge in [0.1, 0.15) is 4.90 Å². The van der Waals surface area contributed by atoms with E-state index < -0.39 is 21.5 Å². The summed E-state index contributed by atoms with van der Waals surface area (Å²) in [7, 11) is -3.82. The van der Waals surface area contributed by atoms with Crippen molar-refractivity contribution in [3.05, 3.63) is 66.4 Å². The minimum absolute atomic E-state index is 0.0231. The highest BCUT2D eigenvalue weighted by molar-refractivity contribution is 7.89. The third kappa shape index (κ3) is 4.65. The molecular formula is C20H21N3O4S. The van der Waals surface area contributed by atoms with E-state index in [9.17, 15) is 13.2 Å². The molecule has 0 aliphatic heterocycles. The summed E-state index contributed by atoms with van der Waals surface area (Å²) in [5.41, 5.74) is 0.335. The summed E-state index contributed by atoms with van der Waals surface area (Å²) in [5, 5.41) is 6.39. The number of sulfonamides is 1. The standard InChI is InChI=1S/C20H21N3O4S/c1-20(2,3)23-28(25,26)18-12-8-7-11-15(18)21-19(24)16-13-17(27-22-16)14-9-5-4-6-10-14/h4-13,23H,1-3H3,(H,21,24). The quantitative estimate of drug-likeness (QED) is 0.682. The summed E-state index contributed by atoms with van der Waals surface area (Å²) in [6, 6.07) is 16.9. The van der Waals surface area contributed by atoms with Gasteiger partial charge in [0, 0.05) is 17.2 Å². The Morgan fingerprint density at radius 3 is 2.32 bits per heavy atom. The van der Waals surface area contributed by atoms with E-state index in [0.29, 0.717) is 5.76 Å². The van der Waals surface area contributed by atoms with Crippen LogP contribution in [0.1, 0.15) is 31.3 Å². The van der Waals surface area contributed by atoms with Gasteiger partial charge in [0.25, 0.3) is 5.91 Å². The lowest BCUT2D eigenvalue weighted by Gasteiger charge is -2.21. The summed E-state index contributed by atoms with van der Waals surface area (Å²) < 4.78 is 33.2. The maximum atomic E-state index is 12.7. The van der Waals surface area contributed by atoms with E-state index in [1.807, 2.05) is 30.3 Å². The molecule has 146 valence electrons. The number of benzene rings is 2. The minimum atomic E-state index is -3.82. The molecule has 2 aromatic carbocycles. The molecule has 0 bridgehead atoms. The van der Waals surface area contributed by atoms with Crippen molar-refractivity contribution in [2.45, 2.75) is 31.2 Å². The summed E-state index contributed by atoms with van der Waals surface area (Å²) in [6.07, 6.45) is 0. The van der Waals surface area contributed by atoms with E-state index >= 15 is 0 Å². The summed E-state index contributed by atoms with van der Waals surface area (Å²) in [4.78, 5) is 12.6. The third-order valence-electron chi connectivity index (χ3n) is 3.67. The molecule has 3 aromatic rings. The first-order chi connectivity index (χ1) is 13.2. The topological polar surface area (TPSA) is 101 Å². The molecule has 2 N–H and O–H groups in total. The number of carbonyl (C=O) groups is 1. The lowest BCUT2D eigenvalue weighted by molar-refractivity contribution is 0.101. The van der Waals surface area contributed by atoms with Gasteiger partial charge >= 0.3 is 0 Å². The van der Waals surface area contributed by atoms with Crippen molar-refractivity contribution < 1.29 is 17.7 Å². The van der Waals surface area contributed by atoms with E-state index in [4.69, 9.17) is 4.52 Å². The van der Waals surface area contributed by atoms with Crippen LogP contribution in [0, 0.1) is 0 Å². The van der Waals surface area contributed by atoms with Gasteiger partial charge in [-0.05, 0) is 32.9 Å². The van der Waals surface area contributed by atoms with Gasteiger partial charge in [0.15, 0.2) is 11.5 Å². The lowest BCUT2D eigenvalue weighted by Crippen LogP contribution is -2.40. The largest absolute Gasteiger partial charge is 0.355 e. The Hall–Kier alpha value is -2.97. The Kier molecular flexibility index (Phi) is 5.35. The maximum absolute atomic E-state index is 12.7. The Balaban J connectivity index is 1.85. The second-order valence-electron chi connectivity index (χ2n) is 7.25. The van der Waals surface area contributed by atoms with Gasteiger partial charge in [0.05, 0.1) is 5.69 Å². The first-order valence-corrected chi connectivity index (χ1v) is 10.1. The fraction of sp³-hybridized carbons (Fsp3) is 0.200. The smallest absolute Gasteiger partial charge is 0.277 e. The second-order valence-corrected chi connectivity index (χ2v) is 8.90. The number of nitrogens with zero attached hydrogens (tertiary/aromatic N) is 1. The highest BCUT2D eigenvalue weighted by Crippen LogP contribution is 2.24. The van der Waals surface area contributed by atoms with Crippen LogP contribution in [0.3, 0.4) is 0 Å². The molecule has 0 radical (unpaired) electrons. The summed E-state index contributed by atoms with van der Waals surface area (Å²) in [6.45, 7) is 5.23. The molecule has 0 saturated heterocycles. The minimum Gasteiger partial charge on any atom is -0.355 e. The highest BCUT2D eigenvalue weighted by Gasteiger charge is 2.25. The molecule has 0 unspecified atom stereocenters. The molecule has 1 aromatic heterocycles. The van der Waals surface area contributed by atoms with Crippen molar-refractivity contribution in [2.75, 3.05) is 5.32 Å². The Morgan fingerprint density at radius 1 is 1.00 bits per heavy atom. The van der Waals surface area contributed by atoms with Gasteiger partial charge < -0.3 is 9.84 Å². The molecule has 8 heteroatoms. The average molecular weight is 399 g/mol. The maximum Gasteiger partial charge on any atom is 0.277 e. The molecule has 0 saturated carbocycles. The molecule has 28 heavy (non-hydrogen) atoms. The summed E-state index contributed by atoms with van der Waals surface area (Å²) in [5.74, 6) is -0.120. The van der Waals surface area contributed by atoms with Crippen LogP contribution in [0.2, 0.25) is 0 Å². The van der Waals surface area contributed by atoms with Crippen molar-refractivity contribution in [1.29, 1.82) is 0 Å². The van der Waals surface area contributed by atoms with Gasteiger partial charge in [-0.3, -0.25) is 4.79 Å². The van der Waals surface area contributed by atoms with Crippen molar-refractivity contribution in [3.8, 4) is 11.3 Å². The molecule has 1 heterocycles. The zero-order valence-electron chi connectivity index (χ0n) is 15.8. The third-order valence-corrected chi connectivity index (χ3v) is 5.48. The van der Waals surface area contributed by atoms with Gasteiger partial charge in [-0.2, -0.15) is 0 Å². The zero-order chi connectivity index (χ0) is 20.4. The molecule has 0 fully saturated rings. The van der Waals surface area contributed by atoms with Gasteiger partial charge in [-0.25, -0.2) is 13.1 Å². The van der Waals surface area contributed by atoms with Crippen LogP contribution in [-0.4, -0.2) is 25.0 Å². The van der Waals surface area contributed by atoms with Crippen molar-refractivity contribution in [3.63, 3.8) is 0 Å². The first kappa shape index (κ1) is 19.8. The van der Waals surface area contributed by atoms with Crippen LogP contribution < -0.4 is 10.0 Å². The fourth-order valence-electron chi connectivity index (χ4n) is 2.57. The molecule has 7 nitrogen and oxygen atoms in total. The number of nitrogens with one attached hydrogen (secondary N) is 2. The van der Waals surface area contributed by atoms with E-state index in [0.717, 1.165) is 5.56 Å². The Labute approximate surface area is 163 Å². The van der Waals surface area contributed by atoms with E-state index in [1.54, 1.807) is 32.9 Å². The van der Waals surface area contributed by atoms with Gasteiger partial charge in [0.2, 0.25) is 10.0 Å². The Morgan fingerprint density at radius 2 is 1.64 bits per heavy atom. The summed E-state index contributed by atoms with van der Waals surface area (Å²) >= 11 is 0. The predicted octanol–water partition coefficient (Wildman–Crippen LogP) is 3.67. The second kappa shape index (κ2) is 7.57. The molecular weight excluding hydrogens is 378 g/mol. The molecule has 1 amide bonds. The predicted molar refractivity (Wildman–Crippen MR) is 106 cm³/mol. The number of hydrogen-bond donors (Lipinski definition) is 2. The van der Waals surface area contributed by atoms with Gasteiger partial charge in [-0.1, -0.05) is 47.6 Å². The van der Waals surface area contributed by atoms with Crippen molar-refractivity contribution >= 4 is 21.6 Å². The molecule has 3 rings (SSSR count). The molecule has 0 atom stereocenters. The average Bonchev–Trinajstić information content (AvgIpc) is 3.11. The molecule has 0 aliphatic carbocycles. The number of para-hydroxylation sites is 1. The van der Waals surface area contributed by atoms with Crippen molar-refractivity contribution in [1.82, 2.24) is 9.88 Å². The van der Waals surface area contributed by atoms with Gasteiger partial charge in [-0.15, -0.1) is 0 Å². The number of anilines is 1. The highest BCUT2D eigenvalue weighted by atomic mass is 32.2. The normalized spacial score (nSPS) is 12.0. The van der Waals surface area contributed by atoms with E-state index in [-0.39, 0.29) is 16.3 Å². The fourth-order valence-corrected chi connectivity index (χ4v) is 4.15.